The summed E-state index contributed by atoms with van der Waals surface area (Å²) in [5, 5.41) is 21.3. The highest BCUT2D eigenvalue weighted by Gasteiger charge is 2.50. The molecule has 9 atom stereocenters. The molecule has 0 aromatic heterocycles. The first kappa shape index (κ1) is 33.1. The van der Waals surface area contributed by atoms with Crippen molar-refractivity contribution >= 4 is 6.21 Å². The molecule has 9 unspecified atom stereocenters. The van der Waals surface area contributed by atoms with Crippen molar-refractivity contribution in [2.75, 3.05) is 0 Å². The Bertz CT molecular complexity index is 914. The maximum atomic E-state index is 10.7. The fourth-order valence-corrected chi connectivity index (χ4v) is 7.48. The minimum Gasteiger partial charge on any atom is -0.393 e. The van der Waals surface area contributed by atoms with E-state index in [0.717, 1.165) is 43.1 Å². The van der Waals surface area contributed by atoms with Crippen LogP contribution in [0.15, 0.2) is 30.3 Å². The zero-order chi connectivity index (χ0) is 29.5. The van der Waals surface area contributed by atoms with Crippen molar-refractivity contribution in [3.05, 3.63) is 35.9 Å². The van der Waals surface area contributed by atoms with Gasteiger partial charge in [0.15, 0.2) is 0 Å². The largest absolute Gasteiger partial charge is 0.393 e. The molecule has 4 nitrogen and oxygen atoms in total. The topological polar surface area (TPSA) is 52.7 Å². The number of benzene rings is 1. The Morgan fingerprint density at radius 2 is 1.55 bits per heavy atom. The van der Waals surface area contributed by atoms with Gasteiger partial charge in [-0.15, -0.1) is 0 Å². The monoisotopic (exact) mass is 556 g/mol. The van der Waals surface area contributed by atoms with Crippen molar-refractivity contribution < 1.29 is 19.8 Å². The van der Waals surface area contributed by atoms with E-state index < -0.39 is 0 Å². The number of rotatable bonds is 14. The molecule has 3 rings (SSSR count). The van der Waals surface area contributed by atoms with Crippen molar-refractivity contribution in [2.45, 2.75) is 149 Å². The Hall–Kier alpha value is -1.39. The number of aliphatic hydroxyl groups excluding tert-OH is 1. The molecular weight excluding hydrogens is 494 g/mol. The lowest BCUT2D eigenvalue weighted by molar-refractivity contribution is -0.819. The molecule has 4 heteroatoms. The molecule has 1 saturated heterocycles. The van der Waals surface area contributed by atoms with Crippen LogP contribution in [0.25, 0.3) is 0 Å². The lowest BCUT2D eigenvalue weighted by Crippen LogP contribution is -2.56. The zero-order valence-corrected chi connectivity index (χ0v) is 27.1. The zero-order valence-electron chi connectivity index (χ0n) is 27.1. The van der Waals surface area contributed by atoms with Crippen LogP contribution < -0.4 is 0 Å². The number of ether oxygens (including phenoxy) is 1. The second kappa shape index (κ2) is 14.7. The minimum atomic E-state index is -0.267. The van der Waals surface area contributed by atoms with Crippen LogP contribution in [0.5, 0.6) is 0 Å². The van der Waals surface area contributed by atoms with Gasteiger partial charge in [0, 0.05) is 25.8 Å². The van der Waals surface area contributed by atoms with E-state index >= 15 is 0 Å². The average molecular weight is 557 g/mol. The van der Waals surface area contributed by atoms with Crippen LogP contribution in [0.3, 0.4) is 0 Å². The Morgan fingerprint density at radius 1 is 0.950 bits per heavy atom. The minimum absolute atomic E-state index is 0.00216. The van der Waals surface area contributed by atoms with Crippen molar-refractivity contribution in [1.29, 1.82) is 0 Å². The number of aliphatic hydroxyl groups is 1. The third-order valence-corrected chi connectivity index (χ3v) is 10.9. The maximum absolute atomic E-state index is 10.7. The summed E-state index contributed by atoms with van der Waals surface area (Å²) in [7, 11) is 0. The molecule has 2 N–H and O–H groups in total. The summed E-state index contributed by atoms with van der Waals surface area (Å²) in [5.74, 6) is 3.10. The SMILES string of the molecule is CC(CCCC(C)CCCC(C)(C)[N+](O)=Cc1ccccc1)CCCC1(C)CCC2C(C)C(O)C(C)C(C)C2O1. The van der Waals surface area contributed by atoms with Gasteiger partial charge in [-0.25, -0.2) is 0 Å². The van der Waals surface area contributed by atoms with Gasteiger partial charge < -0.3 is 9.84 Å². The van der Waals surface area contributed by atoms with Crippen LogP contribution in [-0.4, -0.2) is 44.6 Å². The van der Waals surface area contributed by atoms with E-state index in [4.69, 9.17) is 4.74 Å². The summed E-state index contributed by atoms with van der Waals surface area (Å²) >= 11 is 0. The molecule has 2 fully saturated rings. The first-order chi connectivity index (χ1) is 18.8. The molecule has 1 aromatic rings. The lowest BCUT2D eigenvalue weighted by atomic mass is 9.63. The van der Waals surface area contributed by atoms with Crippen LogP contribution >= 0.6 is 0 Å². The molecule has 0 bridgehead atoms. The average Bonchev–Trinajstić information content (AvgIpc) is 2.91. The van der Waals surface area contributed by atoms with Crippen molar-refractivity contribution in [1.82, 2.24) is 0 Å². The van der Waals surface area contributed by atoms with Gasteiger partial charge >= 0.3 is 0 Å². The van der Waals surface area contributed by atoms with Crippen LogP contribution in [0.2, 0.25) is 0 Å². The molecule has 40 heavy (non-hydrogen) atoms. The molecule has 0 radical (unpaired) electrons. The predicted octanol–water partition coefficient (Wildman–Crippen LogP) is 8.91. The Morgan fingerprint density at radius 3 is 2.20 bits per heavy atom. The second-order valence-electron chi connectivity index (χ2n) is 14.9. The maximum Gasteiger partial charge on any atom is 0.223 e. The highest BCUT2D eigenvalue weighted by molar-refractivity contribution is 5.75. The van der Waals surface area contributed by atoms with Crippen molar-refractivity contribution in [3.63, 3.8) is 0 Å². The molecule has 1 saturated carbocycles. The molecular formula is C36H62NO3+. The summed E-state index contributed by atoms with van der Waals surface area (Å²) < 4.78 is 8.24. The molecule has 2 aliphatic rings. The standard InChI is InChI=1S/C36H62NO3/c1-26(17-13-22-35(6,7)37(39)25-31-19-10-9-11-20-31)15-12-16-27(2)18-14-23-36(8)24-21-32-30(5)33(38)28(3)29(4)34(32)40-36/h9-11,19-20,25-30,32-34,38-39H,12-18,21-24H2,1-8H3/q+1. The molecule has 1 heterocycles. The van der Waals surface area contributed by atoms with E-state index in [2.05, 4.69) is 55.4 Å². The van der Waals surface area contributed by atoms with E-state index in [1.165, 1.54) is 49.7 Å². The third-order valence-electron chi connectivity index (χ3n) is 10.9. The fourth-order valence-electron chi connectivity index (χ4n) is 7.48. The Kier molecular flexibility index (Phi) is 12.1. The third kappa shape index (κ3) is 9.05. The first-order valence-corrected chi connectivity index (χ1v) is 16.6. The number of hydrogen-bond donors (Lipinski definition) is 2. The quantitative estimate of drug-likeness (QED) is 0.104. The van der Waals surface area contributed by atoms with Gasteiger partial charge in [-0.2, -0.15) is 0 Å². The summed E-state index contributed by atoms with van der Waals surface area (Å²) in [6, 6.07) is 10.0. The molecule has 1 aliphatic carbocycles. The fraction of sp³-hybridized carbons (Fsp3) is 0.806. The smallest absolute Gasteiger partial charge is 0.223 e. The molecule has 1 aromatic carbocycles. The molecule has 0 spiro atoms. The highest BCUT2D eigenvalue weighted by Crippen LogP contribution is 2.48. The normalized spacial score (nSPS) is 32.9. The van der Waals surface area contributed by atoms with E-state index in [1.54, 1.807) is 0 Å². The highest BCUT2D eigenvalue weighted by atomic mass is 16.5. The predicted molar refractivity (Wildman–Crippen MR) is 167 cm³/mol. The van der Waals surface area contributed by atoms with Crippen LogP contribution in [-0.2, 0) is 4.74 Å². The number of hydrogen-bond acceptors (Lipinski definition) is 3. The number of fused-ring (bicyclic) bond motifs is 1. The summed E-state index contributed by atoms with van der Waals surface area (Å²) in [4.78, 5) is 0. The van der Waals surface area contributed by atoms with Crippen LogP contribution in [0.1, 0.15) is 132 Å². The second-order valence-corrected chi connectivity index (χ2v) is 14.9. The first-order valence-electron chi connectivity index (χ1n) is 16.6. The van der Waals surface area contributed by atoms with E-state index in [1.807, 2.05) is 36.5 Å². The van der Waals surface area contributed by atoms with Gasteiger partial charge in [-0.3, -0.25) is 5.21 Å². The molecule has 1 aliphatic heterocycles. The van der Waals surface area contributed by atoms with Gasteiger partial charge in [0.25, 0.3) is 0 Å². The van der Waals surface area contributed by atoms with Gasteiger partial charge in [-0.05, 0) is 85.0 Å². The van der Waals surface area contributed by atoms with E-state index in [-0.39, 0.29) is 17.2 Å². The van der Waals surface area contributed by atoms with Crippen molar-refractivity contribution in [2.24, 2.45) is 35.5 Å². The van der Waals surface area contributed by atoms with E-state index in [0.29, 0.717) is 29.8 Å². The summed E-state index contributed by atoms with van der Waals surface area (Å²) in [6.45, 7) is 18.1. The van der Waals surface area contributed by atoms with Gasteiger partial charge in [-0.1, -0.05) is 91.3 Å². The van der Waals surface area contributed by atoms with Gasteiger partial charge in [0.2, 0.25) is 11.8 Å². The Labute approximate surface area is 246 Å². The van der Waals surface area contributed by atoms with E-state index in [9.17, 15) is 10.3 Å². The summed E-state index contributed by atoms with van der Waals surface area (Å²) in [6.07, 6.45) is 15.3. The lowest BCUT2D eigenvalue weighted by Gasteiger charge is -2.53. The number of hydroxylamine groups is 1. The number of nitrogens with zero attached hydrogens (tertiary/aromatic N) is 1. The van der Waals surface area contributed by atoms with Crippen LogP contribution in [0, 0.1) is 35.5 Å². The molecule has 0 amide bonds. The Balaban J connectivity index is 1.30. The van der Waals surface area contributed by atoms with Crippen molar-refractivity contribution in [3.8, 4) is 0 Å². The summed E-state index contributed by atoms with van der Waals surface area (Å²) in [5.41, 5.74) is 0.761. The van der Waals surface area contributed by atoms with Gasteiger partial charge in [0.1, 0.15) is 0 Å². The molecule has 228 valence electrons. The van der Waals surface area contributed by atoms with Gasteiger partial charge in [0.05, 0.1) is 17.8 Å². The van der Waals surface area contributed by atoms with Crippen LogP contribution in [0.4, 0.5) is 0 Å².